The molecule has 0 bridgehead atoms. The molecular weight excluding hydrogens is 487 g/mol. The number of phenols is 1. The maximum Gasteiger partial charge on any atom is 0.266 e. The molecule has 1 amide bonds. The first kappa shape index (κ1) is 18.3. The van der Waals surface area contributed by atoms with E-state index in [9.17, 15) is 15.2 Å². The fraction of sp³-hybridized carbons (Fsp3) is 0.0588. The zero-order valence-electron chi connectivity index (χ0n) is 12.5. The zero-order chi connectivity index (χ0) is 17.7. The van der Waals surface area contributed by atoms with Gasteiger partial charge in [0.05, 0.1) is 7.11 Å². The van der Waals surface area contributed by atoms with E-state index in [0.29, 0.717) is 11.3 Å². The number of methoxy groups -OCH3 is 1. The van der Waals surface area contributed by atoms with Gasteiger partial charge in [0.1, 0.15) is 11.6 Å². The zero-order valence-corrected chi connectivity index (χ0v) is 16.3. The molecule has 122 valence electrons. The van der Waals surface area contributed by atoms with Crippen LogP contribution in [0.2, 0.25) is 0 Å². The highest BCUT2D eigenvalue weighted by atomic mass is 127. The fourth-order valence-electron chi connectivity index (χ4n) is 1.93. The van der Waals surface area contributed by atoms with Gasteiger partial charge in [-0.3, -0.25) is 4.79 Å². The van der Waals surface area contributed by atoms with Crippen molar-refractivity contribution in [2.45, 2.75) is 0 Å². The van der Waals surface area contributed by atoms with Crippen LogP contribution in [0, 0.1) is 14.9 Å². The monoisotopic (exact) mass is 498 g/mol. The molecule has 0 radical (unpaired) electrons. The van der Waals surface area contributed by atoms with E-state index in [1.165, 1.54) is 13.2 Å². The normalized spacial score (nSPS) is 10.8. The van der Waals surface area contributed by atoms with Crippen LogP contribution in [-0.4, -0.2) is 18.1 Å². The number of ether oxygens (including phenoxy) is 1. The minimum atomic E-state index is -0.562. The Kier molecular flexibility index (Phi) is 6.23. The third kappa shape index (κ3) is 4.49. The number of carbonyl (C=O) groups excluding carboxylic acids is 1. The highest BCUT2D eigenvalue weighted by Crippen LogP contribution is 2.33. The molecule has 24 heavy (non-hydrogen) atoms. The predicted octanol–water partition coefficient (Wildman–Crippen LogP) is 4.31. The molecule has 0 aromatic heterocycles. The van der Waals surface area contributed by atoms with E-state index < -0.39 is 5.91 Å². The van der Waals surface area contributed by atoms with Crippen molar-refractivity contribution in [3.05, 3.63) is 55.6 Å². The van der Waals surface area contributed by atoms with Crippen molar-refractivity contribution < 1.29 is 14.6 Å². The number of carbonyl (C=O) groups is 1. The van der Waals surface area contributed by atoms with Crippen molar-refractivity contribution in [3.8, 4) is 17.6 Å². The largest absolute Gasteiger partial charge is 0.504 e. The van der Waals surface area contributed by atoms with Crippen LogP contribution in [0.3, 0.4) is 0 Å². The molecule has 0 unspecified atom stereocenters. The van der Waals surface area contributed by atoms with E-state index in [0.717, 1.165) is 8.04 Å². The lowest BCUT2D eigenvalue weighted by atomic mass is 10.1. The maximum absolute atomic E-state index is 12.3. The molecule has 0 saturated carbocycles. The van der Waals surface area contributed by atoms with E-state index in [1.54, 1.807) is 30.3 Å². The Bertz CT molecular complexity index is 859. The van der Waals surface area contributed by atoms with Crippen molar-refractivity contribution in [2.75, 3.05) is 12.4 Å². The average Bonchev–Trinajstić information content (AvgIpc) is 2.55. The number of hydrogen-bond donors (Lipinski definition) is 2. The molecule has 0 saturated heterocycles. The summed E-state index contributed by atoms with van der Waals surface area (Å²) in [5, 5.41) is 22.1. The highest BCUT2D eigenvalue weighted by molar-refractivity contribution is 14.1. The van der Waals surface area contributed by atoms with Gasteiger partial charge in [-0.1, -0.05) is 22.0 Å². The van der Waals surface area contributed by atoms with Gasteiger partial charge < -0.3 is 15.2 Å². The molecule has 0 aliphatic heterocycles. The van der Waals surface area contributed by atoms with Gasteiger partial charge in [0.25, 0.3) is 5.91 Å². The van der Waals surface area contributed by atoms with Crippen molar-refractivity contribution >= 4 is 56.2 Å². The number of nitrogens with zero attached hydrogens (tertiary/aromatic N) is 1. The van der Waals surface area contributed by atoms with Crippen molar-refractivity contribution in [3.63, 3.8) is 0 Å². The first-order valence-electron chi connectivity index (χ1n) is 6.70. The molecule has 0 fully saturated rings. The van der Waals surface area contributed by atoms with Gasteiger partial charge in [-0.25, -0.2) is 0 Å². The number of benzene rings is 2. The SMILES string of the molecule is COc1cc(I)cc(/C=C(/C#N)C(=O)Nc2cccc(Br)c2)c1O. The lowest BCUT2D eigenvalue weighted by molar-refractivity contribution is -0.112. The third-order valence-electron chi connectivity index (χ3n) is 3.04. The summed E-state index contributed by atoms with van der Waals surface area (Å²) in [4.78, 5) is 12.3. The van der Waals surface area contributed by atoms with Crippen molar-refractivity contribution in [1.29, 1.82) is 5.26 Å². The molecule has 2 aromatic carbocycles. The molecule has 0 aliphatic carbocycles. The van der Waals surface area contributed by atoms with Crippen LogP contribution in [0.4, 0.5) is 5.69 Å². The second kappa shape index (κ2) is 8.17. The summed E-state index contributed by atoms with van der Waals surface area (Å²) in [6, 6.07) is 12.2. The van der Waals surface area contributed by atoms with Crippen LogP contribution in [0.25, 0.3) is 6.08 Å². The summed E-state index contributed by atoms with van der Waals surface area (Å²) in [6.07, 6.45) is 1.33. The lowest BCUT2D eigenvalue weighted by Gasteiger charge is -2.08. The number of halogens is 2. The van der Waals surface area contributed by atoms with Crippen LogP contribution < -0.4 is 10.1 Å². The number of rotatable bonds is 4. The first-order chi connectivity index (χ1) is 11.4. The number of nitriles is 1. The Morgan fingerprint density at radius 1 is 1.42 bits per heavy atom. The molecule has 0 spiro atoms. The Morgan fingerprint density at radius 2 is 2.17 bits per heavy atom. The quantitative estimate of drug-likeness (QED) is 0.374. The van der Waals surface area contributed by atoms with Crippen LogP contribution in [0.1, 0.15) is 5.56 Å². The van der Waals surface area contributed by atoms with Gasteiger partial charge in [-0.05, 0) is 59.0 Å². The second-order valence-corrected chi connectivity index (χ2v) is 6.84. The molecule has 2 N–H and O–H groups in total. The topological polar surface area (TPSA) is 82.3 Å². The number of nitrogens with one attached hydrogen (secondary N) is 1. The van der Waals surface area contributed by atoms with Gasteiger partial charge in [-0.15, -0.1) is 0 Å². The fourth-order valence-corrected chi connectivity index (χ4v) is 2.95. The van der Waals surface area contributed by atoms with Gasteiger partial charge in [-0.2, -0.15) is 5.26 Å². The smallest absolute Gasteiger partial charge is 0.266 e. The standard InChI is InChI=1S/C17H12BrIN2O3/c1-24-15-8-13(19)6-10(16(15)22)5-11(9-20)17(23)21-14-4-2-3-12(18)7-14/h2-8,22H,1H3,(H,21,23)/b11-5-. The first-order valence-corrected chi connectivity index (χ1v) is 8.57. The molecular formula is C17H12BrIN2O3. The van der Waals surface area contributed by atoms with Crippen LogP contribution >= 0.6 is 38.5 Å². The third-order valence-corrected chi connectivity index (χ3v) is 4.15. The molecule has 2 aromatic rings. The summed E-state index contributed by atoms with van der Waals surface area (Å²) in [7, 11) is 1.43. The average molecular weight is 499 g/mol. The van der Waals surface area contributed by atoms with Crippen LogP contribution in [-0.2, 0) is 4.79 Å². The molecule has 2 rings (SSSR count). The van der Waals surface area contributed by atoms with Gasteiger partial charge in [0.2, 0.25) is 0 Å². The number of amides is 1. The van der Waals surface area contributed by atoms with Crippen LogP contribution in [0.5, 0.6) is 11.5 Å². The predicted molar refractivity (Wildman–Crippen MR) is 104 cm³/mol. The molecule has 7 heteroatoms. The van der Waals surface area contributed by atoms with Gasteiger partial charge in [0.15, 0.2) is 11.5 Å². The summed E-state index contributed by atoms with van der Waals surface area (Å²) >= 11 is 5.38. The van der Waals surface area contributed by atoms with E-state index in [4.69, 9.17) is 4.74 Å². The van der Waals surface area contributed by atoms with Crippen molar-refractivity contribution in [1.82, 2.24) is 0 Å². The molecule has 5 nitrogen and oxygen atoms in total. The number of hydrogen-bond acceptors (Lipinski definition) is 4. The van der Waals surface area contributed by atoms with Gasteiger partial charge >= 0.3 is 0 Å². The van der Waals surface area contributed by atoms with E-state index in [-0.39, 0.29) is 17.1 Å². The van der Waals surface area contributed by atoms with Crippen LogP contribution in [0.15, 0.2) is 46.4 Å². The molecule has 0 aliphatic rings. The Labute approximate surface area is 161 Å². The summed E-state index contributed by atoms with van der Waals surface area (Å²) in [5.41, 5.74) is 0.758. The highest BCUT2D eigenvalue weighted by Gasteiger charge is 2.13. The second-order valence-electron chi connectivity index (χ2n) is 4.68. The number of aromatic hydroxyl groups is 1. The minimum absolute atomic E-state index is 0.124. The number of phenolic OH excluding ortho intramolecular Hbond substituents is 1. The molecule has 0 atom stereocenters. The van der Waals surface area contributed by atoms with E-state index in [2.05, 4.69) is 43.8 Å². The van der Waals surface area contributed by atoms with E-state index in [1.807, 2.05) is 12.1 Å². The summed E-state index contributed by atoms with van der Waals surface area (Å²) in [5.74, 6) is -0.411. The summed E-state index contributed by atoms with van der Waals surface area (Å²) < 4.78 is 6.69. The maximum atomic E-state index is 12.3. The minimum Gasteiger partial charge on any atom is -0.504 e. The lowest BCUT2D eigenvalue weighted by Crippen LogP contribution is -2.13. The van der Waals surface area contributed by atoms with Crippen molar-refractivity contribution in [2.24, 2.45) is 0 Å². The summed E-state index contributed by atoms with van der Waals surface area (Å²) in [6.45, 7) is 0. The molecule has 0 heterocycles. The van der Waals surface area contributed by atoms with Gasteiger partial charge in [0, 0.05) is 19.3 Å². The van der Waals surface area contributed by atoms with E-state index >= 15 is 0 Å². The Balaban J connectivity index is 2.34. The Hall–Kier alpha value is -2.05. The Morgan fingerprint density at radius 3 is 2.79 bits per heavy atom. The number of anilines is 1.